The number of carbonyl (C=O) groups excluding carboxylic acids is 1. The van der Waals surface area contributed by atoms with Gasteiger partial charge in [-0.1, -0.05) is 0 Å². The van der Waals surface area contributed by atoms with Crippen molar-refractivity contribution in [3.8, 4) is 0 Å². The van der Waals surface area contributed by atoms with Gasteiger partial charge in [0.05, 0.1) is 24.8 Å². The Morgan fingerprint density at radius 1 is 1.17 bits per heavy atom. The largest absolute Gasteiger partial charge is 0.395 e. The highest BCUT2D eigenvalue weighted by Gasteiger charge is 2.42. The number of aromatic nitrogens is 1. The number of hydrogen-bond donors (Lipinski definition) is 1. The van der Waals surface area contributed by atoms with Gasteiger partial charge in [0.15, 0.2) is 5.82 Å². The van der Waals surface area contributed by atoms with Crippen LogP contribution in [0.5, 0.6) is 0 Å². The number of hydrogen-bond acceptors (Lipinski definition) is 6. The molecular formula is C23H35N5O2. The van der Waals surface area contributed by atoms with Gasteiger partial charge in [0.25, 0.3) is 0 Å². The average molecular weight is 414 g/mol. The van der Waals surface area contributed by atoms with Crippen LogP contribution in [0, 0.1) is 5.92 Å². The molecule has 0 spiro atoms. The molecule has 1 aromatic heterocycles. The molecule has 164 valence electrons. The fourth-order valence-corrected chi connectivity index (χ4v) is 5.27. The molecule has 3 heterocycles. The second-order valence-corrected chi connectivity index (χ2v) is 9.63. The van der Waals surface area contributed by atoms with Crippen LogP contribution < -0.4 is 10.6 Å². The van der Waals surface area contributed by atoms with Crippen LogP contribution in [0.2, 0.25) is 0 Å². The zero-order valence-electron chi connectivity index (χ0n) is 18.4. The summed E-state index contributed by atoms with van der Waals surface area (Å²) < 4.78 is 5.14. The van der Waals surface area contributed by atoms with Gasteiger partial charge in [0.2, 0.25) is 5.91 Å². The maximum atomic E-state index is 12.8. The Morgan fingerprint density at radius 3 is 2.67 bits per heavy atom. The van der Waals surface area contributed by atoms with Gasteiger partial charge in [0, 0.05) is 51.4 Å². The zero-order valence-corrected chi connectivity index (χ0v) is 18.4. The molecule has 0 bridgehead atoms. The molecule has 0 aromatic carbocycles. The smallest absolute Gasteiger partial charge is 0.225 e. The van der Waals surface area contributed by atoms with Crippen LogP contribution in [-0.4, -0.2) is 73.7 Å². The summed E-state index contributed by atoms with van der Waals surface area (Å²) in [7, 11) is 3.83. The molecule has 1 aromatic rings. The Morgan fingerprint density at radius 2 is 1.97 bits per heavy atom. The van der Waals surface area contributed by atoms with E-state index in [1.165, 1.54) is 42.5 Å². The number of likely N-dealkylation sites (N-methyl/N-ethyl adjacent to an activating group) is 1. The molecular weight excluding hydrogens is 378 g/mol. The van der Waals surface area contributed by atoms with Gasteiger partial charge >= 0.3 is 0 Å². The van der Waals surface area contributed by atoms with E-state index in [4.69, 9.17) is 15.5 Å². The molecule has 7 nitrogen and oxygen atoms in total. The molecule has 3 fully saturated rings. The summed E-state index contributed by atoms with van der Waals surface area (Å²) in [5, 5.41) is 0. The van der Waals surface area contributed by atoms with Crippen molar-refractivity contribution >= 4 is 17.4 Å². The lowest BCUT2D eigenvalue weighted by Crippen LogP contribution is -2.56. The van der Waals surface area contributed by atoms with Crippen LogP contribution in [-0.2, 0) is 22.5 Å². The first-order valence-electron chi connectivity index (χ1n) is 11.6. The fourth-order valence-electron chi connectivity index (χ4n) is 5.27. The van der Waals surface area contributed by atoms with Crippen LogP contribution in [0.4, 0.5) is 11.5 Å². The molecule has 2 N–H and O–H groups in total. The van der Waals surface area contributed by atoms with Crippen LogP contribution in [0.3, 0.4) is 0 Å². The Bertz CT molecular complexity index is 820. The van der Waals surface area contributed by atoms with Gasteiger partial charge < -0.3 is 25.2 Å². The van der Waals surface area contributed by atoms with Crippen molar-refractivity contribution in [3.63, 3.8) is 0 Å². The maximum absolute atomic E-state index is 12.8. The normalized spacial score (nSPS) is 24.8. The Labute approximate surface area is 179 Å². The zero-order chi connectivity index (χ0) is 20.8. The first-order valence-corrected chi connectivity index (χ1v) is 11.6. The second-order valence-electron chi connectivity index (χ2n) is 9.63. The Balaban J connectivity index is 1.42. The molecule has 0 unspecified atom stereocenters. The van der Waals surface area contributed by atoms with Gasteiger partial charge in [-0.2, -0.15) is 0 Å². The number of nitrogens with zero attached hydrogens (tertiary/aromatic N) is 4. The summed E-state index contributed by atoms with van der Waals surface area (Å²) in [5.74, 6) is 2.44. The lowest BCUT2D eigenvalue weighted by Gasteiger charge is -2.43. The van der Waals surface area contributed by atoms with Crippen LogP contribution in [0.25, 0.3) is 0 Å². The monoisotopic (exact) mass is 413 g/mol. The van der Waals surface area contributed by atoms with E-state index in [1.54, 1.807) is 7.11 Å². The molecule has 5 rings (SSSR count). The van der Waals surface area contributed by atoms with Gasteiger partial charge in [-0.3, -0.25) is 4.79 Å². The Kier molecular flexibility index (Phi) is 5.35. The summed E-state index contributed by atoms with van der Waals surface area (Å²) in [5.41, 5.74) is 11.7. The lowest BCUT2D eigenvalue weighted by atomic mass is 9.94. The molecule has 0 radical (unpaired) electrons. The van der Waals surface area contributed by atoms with E-state index in [-0.39, 0.29) is 11.9 Å². The van der Waals surface area contributed by atoms with Gasteiger partial charge in [-0.25, -0.2) is 4.98 Å². The third-order valence-corrected chi connectivity index (χ3v) is 7.33. The van der Waals surface area contributed by atoms with E-state index < -0.39 is 0 Å². The van der Waals surface area contributed by atoms with Crippen molar-refractivity contribution in [1.29, 1.82) is 0 Å². The minimum atomic E-state index is 0.222. The van der Waals surface area contributed by atoms with Crippen molar-refractivity contribution in [3.05, 3.63) is 16.8 Å². The highest BCUT2D eigenvalue weighted by atomic mass is 16.5. The number of nitrogens with two attached hydrogens (primary N) is 1. The minimum absolute atomic E-state index is 0.222. The maximum Gasteiger partial charge on any atom is 0.225 e. The third kappa shape index (κ3) is 3.78. The predicted molar refractivity (Wildman–Crippen MR) is 118 cm³/mol. The van der Waals surface area contributed by atoms with Crippen molar-refractivity contribution in [1.82, 2.24) is 14.8 Å². The molecule has 2 saturated carbocycles. The summed E-state index contributed by atoms with van der Waals surface area (Å²) in [4.78, 5) is 24.8. The number of rotatable bonds is 6. The molecule has 2 aliphatic heterocycles. The molecule has 30 heavy (non-hydrogen) atoms. The predicted octanol–water partition coefficient (Wildman–Crippen LogP) is 1.99. The third-order valence-electron chi connectivity index (χ3n) is 7.33. The van der Waals surface area contributed by atoms with Gasteiger partial charge in [0.1, 0.15) is 0 Å². The van der Waals surface area contributed by atoms with E-state index in [1.807, 2.05) is 0 Å². The second kappa shape index (κ2) is 8.00. The fraction of sp³-hybridized carbons (Fsp3) is 0.739. The lowest BCUT2D eigenvalue weighted by molar-refractivity contribution is -0.135. The highest BCUT2D eigenvalue weighted by molar-refractivity contribution is 5.77. The van der Waals surface area contributed by atoms with E-state index in [0.29, 0.717) is 24.9 Å². The Hall–Kier alpha value is -1.86. The first-order chi connectivity index (χ1) is 14.6. The SMILES string of the molecule is COCCC(=O)N1CCN(c2nc(C3CC3)c3c(c2N)CN(C)CC3)C[C@H]1C1CC1. The highest BCUT2D eigenvalue weighted by Crippen LogP contribution is 2.46. The quantitative estimate of drug-likeness (QED) is 0.769. The van der Waals surface area contributed by atoms with Crippen LogP contribution in [0.15, 0.2) is 0 Å². The molecule has 7 heteroatoms. The number of methoxy groups -OCH3 is 1. The van der Waals surface area contributed by atoms with Crippen molar-refractivity contribution in [2.75, 3.05) is 57.6 Å². The van der Waals surface area contributed by atoms with Gasteiger partial charge in [-0.05, 0) is 56.2 Å². The summed E-state index contributed by atoms with van der Waals surface area (Å²) in [6.07, 6.45) is 6.48. The molecule has 1 amide bonds. The van der Waals surface area contributed by atoms with Crippen molar-refractivity contribution < 1.29 is 9.53 Å². The number of anilines is 2. The molecule has 1 atom stereocenters. The summed E-state index contributed by atoms with van der Waals surface area (Å²) in [6.45, 7) is 4.89. The number of carbonyl (C=O) groups is 1. The van der Waals surface area contributed by atoms with Gasteiger partial charge in [-0.15, -0.1) is 0 Å². The standard InChI is InChI=1S/C23H35N5O2/c1-26-9-7-17-18(13-26)21(24)23(25-22(17)16-5-6-16)27-10-11-28(20(29)8-12-30-2)19(14-27)15-3-4-15/h15-16,19H,3-14,24H2,1-2H3/t19-/m0/s1. The average Bonchev–Trinajstić information content (AvgIpc) is 3.64. The number of piperazine rings is 1. The first kappa shape index (κ1) is 20.1. The molecule has 2 aliphatic carbocycles. The number of fused-ring (bicyclic) bond motifs is 1. The van der Waals surface area contributed by atoms with E-state index in [9.17, 15) is 4.79 Å². The van der Waals surface area contributed by atoms with Crippen molar-refractivity contribution in [2.24, 2.45) is 5.92 Å². The van der Waals surface area contributed by atoms with Crippen LogP contribution >= 0.6 is 0 Å². The molecule has 1 saturated heterocycles. The van der Waals surface area contributed by atoms with Crippen LogP contribution in [0.1, 0.15) is 54.8 Å². The molecule has 4 aliphatic rings. The number of pyridine rings is 1. The van der Waals surface area contributed by atoms with E-state index in [2.05, 4.69) is 21.7 Å². The van der Waals surface area contributed by atoms with E-state index in [0.717, 1.165) is 50.6 Å². The minimum Gasteiger partial charge on any atom is -0.395 e. The number of nitrogen functional groups attached to an aromatic ring is 1. The van der Waals surface area contributed by atoms with E-state index >= 15 is 0 Å². The summed E-state index contributed by atoms with van der Waals surface area (Å²) in [6, 6.07) is 0.271. The van der Waals surface area contributed by atoms with Crippen molar-refractivity contribution in [2.45, 2.75) is 57.0 Å². The summed E-state index contributed by atoms with van der Waals surface area (Å²) >= 11 is 0. The topological polar surface area (TPSA) is 74.9 Å². The number of ether oxygens (including phenoxy) is 1. The number of amides is 1.